The summed E-state index contributed by atoms with van der Waals surface area (Å²) in [4.78, 5) is 11.2. The monoisotopic (exact) mass is 265 g/mol. The van der Waals surface area contributed by atoms with Crippen molar-refractivity contribution in [2.24, 2.45) is 5.73 Å². The molecule has 6 heteroatoms. The van der Waals surface area contributed by atoms with Crippen molar-refractivity contribution in [2.45, 2.75) is 32.0 Å². The molecular weight excluding hydrogens is 248 g/mol. The van der Waals surface area contributed by atoms with Gasteiger partial charge in [-0.25, -0.2) is 4.39 Å². The highest BCUT2D eigenvalue weighted by Crippen LogP contribution is 2.37. The maximum atomic E-state index is 13.2. The number of hydrogen-bond acceptors (Lipinski definition) is 3. The molecule has 1 aliphatic heterocycles. The molecule has 1 atom stereocenters. The first-order valence-corrected chi connectivity index (χ1v) is 6.10. The Kier molecular flexibility index (Phi) is 3.41. The highest BCUT2D eigenvalue weighted by molar-refractivity contribution is 6.62. The van der Waals surface area contributed by atoms with E-state index in [-0.39, 0.29) is 0 Å². The molecule has 1 aromatic rings. The van der Waals surface area contributed by atoms with E-state index >= 15 is 0 Å². The lowest BCUT2D eigenvalue weighted by molar-refractivity contribution is -0.0260. The molecule has 1 unspecified atom stereocenters. The maximum absolute atomic E-state index is 13.2. The van der Waals surface area contributed by atoms with Crippen LogP contribution >= 0.6 is 0 Å². The number of halogens is 1. The maximum Gasteiger partial charge on any atom is 0.494 e. The average Bonchev–Trinajstić information content (AvgIpc) is 2.61. The summed E-state index contributed by atoms with van der Waals surface area (Å²) in [6.45, 7) is 4.59. The Bertz CT molecular complexity index is 508. The first-order valence-electron chi connectivity index (χ1n) is 6.10. The zero-order chi connectivity index (χ0) is 14.3. The SMILES string of the molecule is CC1(C)OB(c2cccc(C(N)=O)c2)OC1(C)CF. The van der Waals surface area contributed by atoms with Crippen molar-refractivity contribution in [1.82, 2.24) is 0 Å². The van der Waals surface area contributed by atoms with Crippen molar-refractivity contribution >= 4 is 18.5 Å². The summed E-state index contributed by atoms with van der Waals surface area (Å²) in [5.41, 5.74) is 4.49. The second kappa shape index (κ2) is 4.61. The highest BCUT2D eigenvalue weighted by atomic mass is 19.1. The number of primary amides is 1. The summed E-state index contributed by atoms with van der Waals surface area (Å²) < 4.78 is 24.6. The number of hydrogen-bond donors (Lipinski definition) is 1. The van der Waals surface area contributed by atoms with E-state index in [1.54, 1.807) is 45.0 Å². The lowest BCUT2D eigenvalue weighted by atomic mass is 9.78. The van der Waals surface area contributed by atoms with Gasteiger partial charge in [-0.2, -0.15) is 0 Å². The van der Waals surface area contributed by atoms with Gasteiger partial charge in [-0.3, -0.25) is 4.79 Å². The molecule has 102 valence electrons. The minimum Gasteiger partial charge on any atom is -0.399 e. The molecule has 2 rings (SSSR count). The van der Waals surface area contributed by atoms with Gasteiger partial charge in [-0.15, -0.1) is 0 Å². The van der Waals surface area contributed by atoms with E-state index in [0.29, 0.717) is 11.0 Å². The molecule has 1 aliphatic rings. The Labute approximate surface area is 112 Å². The minimum absolute atomic E-state index is 0.372. The van der Waals surface area contributed by atoms with Crippen molar-refractivity contribution in [3.63, 3.8) is 0 Å². The number of alkyl halides is 1. The van der Waals surface area contributed by atoms with Gasteiger partial charge in [0.25, 0.3) is 0 Å². The fourth-order valence-electron chi connectivity index (χ4n) is 1.96. The Morgan fingerprint density at radius 3 is 2.58 bits per heavy atom. The van der Waals surface area contributed by atoms with Crippen LogP contribution in [0, 0.1) is 0 Å². The molecule has 0 bridgehead atoms. The Morgan fingerprint density at radius 1 is 1.37 bits per heavy atom. The Balaban J connectivity index is 2.30. The molecule has 0 saturated carbocycles. The normalized spacial score (nSPS) is 25.6. The van der Waals surface area contributed by atoms with Crippen molar-refractivity contribution in [2.75, 3.05) is 6.67 Å². The third kappa shape index (κ3) is 2.38. The van der Waals surface area contributed by atoms with Gasteiger partial charge in [0, 0.05) is 5.56 Å². The van der Waals surface area contributed by atoms with Crippen molar-refractivity contribution < 1.29 is 18.5 Å². The molecular formula is C13H17BFNO3. The Hall–Kier alpha value is -1.40. The predicted molar refractivity (Wildman–Crippen MR) is 71.0 cm³/mol. The van der Waals surface area contributed by atoms with E-state index in [2.05, 4.69) is 0 Å². The fraction of sp³-hybridized carbons (Fsp3) is 0.462. The number of carbonyl (C=O) groups excluding carboxylic acids is 1. The van der Waals surface area contributed by atoms with Crippen LogP contribution in [0.1, 0.15) is 31.1 Å². The summed E-state index contributed by atoms with van der Waals surface area (Å²) >= 11 is 0. The topological polar surface area (TPSA) is 61.5 Å². The minimum atomic E-state index is -1.01. The van der Waals surface area contributed by atoms with Gasteiger partial charge < -0.3 is 15.0 Å². The average molecular weight is 265 g/mol. The molecule has 19 heavy (non-hydrogen) atoms. The summed E-state index contributed by atoms with van der Waals surface area (Å²) in [5.74, 6) is -0.521. The van der Waals surface area contributed by atoms with Crippen LogP contribution in [0.15, 0.2) is 24.3 Å². The van der Waals surface area contributed by atoms with Gasteiger partial charge in [0.2, 0.25) is 5.91 Å². The third-order valence-corrected chi connectivity index (χ3v) is 3.74. The van der Waals surface area contributed by atoms with Crippen LogP contribution in [-0.2, 0) is 9.31 Å². The predicted octanol–water partition coefficient (Wildman–Crippen LogP) is 1.03. The van der Waals surface area contributed by atoms with E-state index in [1.165, 1.54) is 0 Å². The van der Waals surface area contributed by atoms with Crippen LogP contribution < -0.4 is 11.2 Å². The van der Waals surface area contributed by atoms with Crippen LogP contribution in [0.25, 0.3) is 0 Å². The molecule has 1 amide bonds. The van der Waals surface area contributed by atoms with Crippen LogP contribution in [0.4, 0.5) is 4.39 Å². The second-order valence-electron chi connectivity index (χ2n) is 5.43. The zero-order valence-electron chi connectivity index (χ0n) is 11.3. The lowest BCUT2D eigenvalue weighted by Crippen LogP contribution is -2.46. The van der Waals surface area contributed by atoms with Crippen LogP contribution in [-0.4, -0.2) is 30.9 Å². The molecule has 0 aromatic heterocycles. The molecule has 1 saturated heterocycles. The standard InChI is InChI=1S/C13H17BFNO3/c1-12(2)13(3,8-15)19-14(18-12)10-6-4-5-9(7-10)11(16)17/h4-7H,8H2,1-3H3,(H2,16,17). The number of benzene rings is 1. The molecule has 4 nitrogen and oxygen atoms in total. The summed E-state index contributed by atoms with van der Waals surface area (Å²) in [5, 5.41) is 0. The second-order valence-corrected chi connectivity index (χ2v) is 5.43. The van der Waals surface area contributed by atoms with Crippen molar-refractivity contribution in [3.05, 3.63) is 29.8 Å². The molecule has 0 radical (unpaired) electrons. The number of amides is 1. The molecule has 1 fully saturated rings. The third-order valence-electron chi connectivity index (χ3n) is 3.74. The number of rotatable bonds is 3. The van der Waals surface area contributed by atoms with E-state index < -0.39 is 30.9 Å². The summed E-state index contributed by atoms with van der Waals surface area (Å²) in [7, 11) is -0.699. The first kappa shape index (κ1) is 14.0. The zero-order valence-corrected chi connectivity index (χ0v) is 11.3. The van der Waals surface area contributed by atoms with Crippen LogP contribution in [0.5, 0.6) is 0 Å². The molecule has 0 aliphatic carbocycles. The van der Waals surface area contributed by atoms with Gasteiger partial charge in [-0.1, -0.05) is 12.1 Å². The molecule has 1 heterocycles. The van der Waals surface area contributed by atoms with Gasteiger partial charge in [0.1, 0.15) is 12.3 Å². The van der Waals surface area contributed by atoms with Crippen molar-refractivity contribution in [1.29, 1.82) is 0 Å². The lowest BCUT2D eigenvalue weighted by Gasteiger charge is -2.33. The van der Waals surface area contributed by atoms with E-state index in [0.717, 1.165) is 0 Å². The Morgan fingerprint density at radius 2 is 2.05 bits per heavy atom. The van der Waals surface area contributed by atoms with Gasteiger partial charge in [0.05, 0.1) is 5.60 Å². The summed E-state index contributed by atoms with van der Waals surface area (Å²) in [6, 6.07) is 6.67. The number of nitrogens with two attached hydrogens (primary N) is 1. The smallest absolute Gasteiger partial charge is 0.399 e. The van der Waals surface area contributed by atoms with E-state index in [9.17, 15) is 9.18 Å². The molecule has 0 spiro atoms. The van der Waals surface area contributed by atoms with E-state index in [1.807, 2.05) is 0 Å². The molecule has 1 aromatic carbocycles. The fourth-order valence-corrected chi connectivity index (χ4v) is 1.96. The number of carbonyl (C=O) groups is 1. The van der Waals surface area contributed by atoms with Gasteiger partial charge in [0.15, 0.2) is 0 Å². The van der Waals surface area contributed by atoms with Gasteiger partial charge >= 0.3 is 7.12 Å². The van der Waals surface area contributed by atoms with Crippen LogP contribution in [0.3, 0.4) is 0 Å². The quantitative estimate of drug-likeness (QED) is 0.830. The van der Waals surface area contributed by atoms with E-state index in [4.69, 9.17) is 15.0 Å². The largest absolute Gasteiger partial charge is 0.494 e. The summed E-state index contributed by atoms with van der Waals surface area (Å²) in [6.07, 6.45) is 0. The first-order chi connectivity index (χ1) is 8.79. The van der Waals surface area contributed by atoms with Crippen molar-refractivity contribution in [3.8, 4) is 0 Å². The van der Waals surface area contributed by atoms with Crippen LogP contribution in [0.2, 0.25) is 0 Å². The molecule has 2 N–H and O–H groups in total. The highest BCUT2D eigenvalue weighted by Gasteiger charge is 2.54. The van der Waals surface area contributed by atoms with Gasteiger partial charge in [-0.05, 0) is 38.4 Å².